The van der Waals surface area contributed by atoms with Gasteiger partial charge < -0.3 is 24.8 Å². The molecule has 4 fully saturated rings. The van der Waals surface area contributed by atoms with Gasteiger partial charge in [-0.2, -0.15) is 0 Å². The Morgan fingerprint density at radius 3 is 2.39 bits per heavy atom. The highest BCUT2D eigenvalue weighted by Gasteiger charge is 2.53. The molecule has 1 N–H and O–H groups in total. The third kappa shape index (κ3) is 5.62. The predicted octanol–water partition coefficient (Wildman–Crippen LogP) is 3.10. The number of ketones is 1. The van der Waals surface area contributed by atoms with Crippen molar-refractivity contribution in [2.45, 2.75) is 77.0 Å². The molecule has 2 amide bonds. The number of nitrogens with one attached hydrogen (secondary N) is 1. The zero-order chi connectivity index (χ0) is 26.6. The van der Waals surface area contributed by atoms with Gasteiger partial charge >= 0.3 is 0 Å². The Kier molecular flexibility index (Phi) is 8.68. The Morgan fingerprint density at radius 2 is 1.74 bits per heavy atom. The SMILES string of the molecule is CCC[C@H]1CN(C(=O)[C@@H](NC(=O)c2ccc(N3CCN(CC)CC3)cc2)C2CCCCC2)[C@@H]2C(=O)CO[C@H]12. The van der Waals surface area contributed by atoms with Gasteiger partial charge in [-0.05, 0) is 56.0 Å². The topological polar surface area (TPSA) is 82.2 Å². The zero-order valence-corrected chi connectivity index (χ0v) is 23.1. The van der Waals surface area contributed by atoms with Crippen molar-refractivity contribution in [3.8, 4) is 0 Å². The average Bonchev–Trinajstić information content (AvgIpc) is 3.52. The molecule has 0 spiro atoms. The van der Waals surface area contributed by atoms with Crippen molar-refractivity contribution in [2.24, 2.45) is 11.8 Å². The highest BCUT2D eigenvalue weighted by Crippen LogP contribution is 2.36. The molecule has 3 heterocycles. The molecule has 0 bridgehead atoms. The van der Waals surface area contributed by atoms with Crippen molar-refractivity contribution < 1.29 is 19.1 Å². The Morgan fingerprint density at radius 1 is 1.03 bits per heavy atom. The number of likely N-dealkylation sites (tertiary alicyclic amines) is 1. The van der Waals surface area contributed by atoms with Gasteiger partial charge in [0.1, 0.15) is 18.7 Å². The second kappa shape index (κ2) is 12.2. The van der Waals surface area contributed by atoms with Crippen LogP contribution in [0.3, 0.4) is 0 Å². The van der Waals surface area contributed by atoms with Gasteiger partial charge in [-0.3, -0.25) is 14.4 Å². The van der Waals surface area contributed by atoms with Crippen molar-refractivity contribution in [3.05, 3.63) is 29.8 Å². The van der Waals surface area contributed by atoms with Crippen LogP contribution < -0.4 is 10.2 Å². The van der Waals surface area contributed by atoms with Crippen LogP contribution in [0.2, 0.25) is 0 Å². The van der Waals surface area contributed by atoms with Gasteiger partial charge in [-0.1, -0.05) is 39.5 Å². The van der Waals surface area contributed by atoms with Crippen LogP contribution in [0.15, 0.2) is 24.3 Å². The molecule has 4 aliphatic rings. The fourth-order valence-corrected chi connectivity index (χ4v) is 7.00. The first-order valence-corrected chi connectivity index (χ1v) is 14.8. The molecule has 208 valence electrons. The Balaban J connectivity index is 1.30. The molecule has 8 nitrogen and oxygen atoms in total. The summed E-state index contributed by atoms with van der Waals surface area (Å²) in [5.74, 6) is -0.0643. The van der Waals surface area contributed by atoms with Gasteiger partial charge in [0.15, 0.2) is 5.78 Å². The van der Waals surface area contributed by atoms with E-state index in [2.05, 4.69) is 29.0 Å². The van der Waals surface area contributed by atoms with Crippen LogP contribution in [-0.2, 0) is 14.3 Å². The summed E-state index contributed by atoms with van der Waals surface area (Å²) >= 11 is 0. The molecule has 1 saturated carbocycles. The number of benzene rings is 1. The van der Waals surface area contributed by atoms with Crippen molar-refractivity contribution in [1.29, 1.82) is 0 Å². The number of fused-ring (bicyclic) bond motifs is 1. The van der Waals surface area contributed by atoms with Crippen molar-refractivity contribution in [1.82, 2.24) is 15.1 Å². The number of likely N-dealkylation sites (N-methyl/N-ethyl adjacent to an activating group) is 1. The van der Waals surface area contributed by atoms with Gasteiger partial charge in [0, 0.05) is 49.9 Å². The lowest BCUT2D eigenvalue weighted by Crippen LogP contribution is -2.55. The van der Waals surface area contributed by atoms with Gasteiger partial charge in [0.05, 0.1) is 6.10 Å². The summed E-state index contributed by atoms with van der Waals surface area (Å²) < 4.78 is 5.85. The van der Waals surface area contributed by atoms with Crippen LogP contribution in [0.1, 0.15) is 69.2 Å². The minimum atomic E-state index is -0.612. The summed E-state index contributed by atoms with van der Waals surface area (Å²) in [6, 6.07) is 6.66. The van der Waals surface area contributed by atoms with Crippen LogP contribution in [-0.4, -0.2) is 91.5 Å². The number of hydrogen-bond donors (Lipinski definition) is 1. The van der Waals surface area contributed by atoms with Crippen molar-refractivity contribution >= 4 is 23.3 Å². The number of carbonyl (C=O) groups excluding carboxylic acids is 3. The van der Waals surface area contributed by atoms with E-state index >= 15 is 0 Å². The smallest absolute Gasteiger partial charge is 0.251 e. The molecule has 3 aliphatic heterocycles. The summed E-state index contributed by atoms with van der Waals surface area (Å²) in [6.07, 6.45) is 6.85. The lowest BCUT2D eigenvalue weighted by atomic mass is 9.83. The highest BCUT2D eigenvalue weighted by molar-refractivity contribution is 5.99. The maximum absolute atomic E-state index is 14.1. The molecule has 1 aromatic carbocycles. The molecule has 3 saturated heterocycles. The van der Waals surface area contributed by atoms with E-state index in [9.17, 15) is 14.4 Å². The summed E-state index contributed by atoms with van der Waals surface area (Å²) in [7, 11) is 0. The fraction of sp³-hybridized carbons (Fsp3) is 0.700. The van der Waals surface area contributed by atoms with E-state index in [1.807, 2.05) is 24.3 Å². The Bertz CT molecular complexity index is 984. The number of hydrogen-bond acceptors (Lipinski definition) is 6. The van der Waals surface area contributed by atoms with Gasteiger partial charge in [-0.15, -0.1) is 0 Å². The molecule has 0 aromatic heterocycles. The predicted molar refractivity (Wildman–Crippen MR) is 147 cm³/mol. The van der Waals surface area contributed by atoms with Crippen LogP contribution in [0, 0.1) is 11.8 Å². The fourth-order valence-electron chi connectivity index (χ4n) is 7.00. The zero-order valence-electron chi connectivity index (χ0n) is 23.1. The van der Waals surface area contributed by atoms with Crippen LogP contribution in [0.25, 0.3) is 0 Å². The van der Waals surface area contributed by atoms with Gasteiger partial charge in [-0.25, -0.2) is 0 Å². The number of carbonyl (C=O) groups is 3. The van der Waals surface area contributed by atoms with Crippen molar-refractivity contribution in [3.63, 3.8) is 0 Å². The van der Waals surface area contributed by atoms with Crippen LogP contribution in [0.5, 0.6) is 0 Å². The minimum absolute atomic E-state index is 0.00830. The normalized spacial score (nSPS) is 27.4. The van der Waals surface area contributed by atoms with E-state index < -0.39 is 12.1 Å². The third-order valence-electron chi connectivity index (χ3n) is 9.22. The molecule has 5 rings (SSSR count). The Labute approximate surface area is 227 Å². The first kappa shape index (κ1) is 27.1. The largest absolute Gasteiger partial charge is 0.369 e. The third-order valence-corrected chi connectivity index (χ3v) is 9.22. The van der Waals surface area contributed by atoms with E-state index in [1.165, 1.54) is 6.42 Å². The second-order valence-electron chi connectivity index (χ2n) is 11.5. The lowest BCUT2D eigenvalue weighted by molar-refractivity contribution is -0.139. The van der Waals surface area contributed by atoms with E-state index in [1.54, 1.807) is 4.90 Å². The number of rotatable bonds is 8. The molecule has 0 unspecified atom stereocenters. The summed E-state index contributed by atoms with van der Waals surface area (Å²) in [6.45, 7) is 10.1. The van der Waals surface area contributed by atoms with E-state index in [-0.39, 0.29) is 42.1 Å². The molecule has 0 radical (unpaired) electrons. The monoisotopic (exact) mass is 524 g/mol. The highest BCUT2D eigenvalue weighted by atomic mass is 16.5. The van der Waals surface area contributed by atoms with E-state index in [0.29, 0.717) is 12.1 Å². The molecule has 38 heavy (non-hydrogen) atoms. The molecule has 4 atom stereocenters. The number of amides is 2. The van der Waals surface area contributed by atoms with Crippen molar-refractivity contribution in [2.75, 3.05) is 50.8 Å². The first-order valence-electron chi connectivity index (χ1n) is 14.8. The summed E-state index contributed by atoms with van der Waals surface area (Å²) in [5, 5.41) is 3.13. The molecule has 1 aliphatic carbocycles. The van der Waals surface area contributed by atoms with Gasteiger partial charge in [0.2, 0.25) is 5.91 Å². The Hall–Kier alpha value is -2.45. The number of nitrogens with zero attached hydrogens (tertiary/aromatic N) is 3. The maximum Gasteiger partial charge on any atom is 0.251 e. The lowest BCUT2D eigenvalue weighted by Gasteiger charge is -2.35. The summed E-state index contributed by atoms with van der Waals surface area (Å²) in [4.78, 5) is 46.8. The number of anilines is 1. The quantitative estimate of drug-likeness (QED) is 0.563. The molecule has 8 heteroatoms. The molecule has 1 aromatic rings. The maximum atomic E-state index is 14.1. The first-order chi connectivity index (χ1) is 18.5. The van der Waals surface area contributed by atoms with Crippen LogP contribution in [0.4, 0.5) is 5.69 Å². The van der Waals surface area contributed by atoms with E-state index in [0.717, 1.165) is 76.9 Å². The van der Waals surface area contributed by atoms with Gasteiger partial charge in [0.25, 0.3) is 5.91 Å². The standard InChI is InChI=1S/C30H44N4O4/c1-3-8-23-19-34(27-25(35)20-38-28(23)27)30(37)26(21-9-6-5-7-10-21)31-29(36)22-11-13-24(14-12-22)33-17-15-32(4-2)16-18-33/h11-14,21,23,26-28H,3-10,15-20H2,1-2H3,(H,31,36)/t23-,26-,27+,28+/m0/s1. The number of Topliss-reactive ketones (excluding diaryl/α,β-unsaturated/α-hetero) is 1. The molecular formula is C30H44N4O4. The van der Waals surface area contributed by atoms with Crippen LogP contribution >= 0.6 is 0 Å². The second-order valence-corrected chi connectivity index (χ2v) is 11.5. The number of ether oxygens (including phenoxy) is 1. The van der Waals surface area contributed by atoms with E-state index in [4.69, 9.17) is 4.74 Å². The average molecular weight is 525 g/mol. The minimum Gasteiger partial charge on any atom is -0.369 e. The number of piperazine rings is 1. The molecular weight excluding hydrogens is 480 g/mol. The summed E-state index contributed by atoms with van der Waals surface area (Å²) in [5.41, 5.74) is 1.69.